The van der Waals surface area contributed by atoms with Crippen molar-refractivity contribution in [3.63, 3.8) is 0 Å². The van der Waals surface area contributed by atoms with E-state index >= 15 is 0 Å². The quantitative estimate of drug-likeness (QED) is 0.794. The summed E-state index contributed by atoms with van der Waals surface area (Å²) in [6.45, 7) is 2.28. The predicted octanol–water partition coefficient (Wildman–Crippen LogP) is 3.81. The summed E-state index contributed by atoms with van der Waals surface area (Å²) in [5.74, 6) is 0.487. The summed E-state index contributed by atoms with van der Waals surface area (Å²) in [5, 5.41) is 8.76. The van der Waals surface area contributed by atoms with Gasteiger partial charge in [-0.05, 0) is 59.3 Å². The van der Waals surface area contributed by atoms with Gasteiger partial charge in [0, 0.05) is 11.9 Å². The molecule has 0 aliphatic heterocycles. The van der Waals surface area contributed by atoms with E-state index in [1.807, 2.05) is 18.2 Å². The summed E-state index contributed by atoms with van der Waals surface area (Å²) in [4.78, 5) is 15.1. The maximum absolute atomic E-state index is 12.3. The van der Waals surface area contributed by atoms with E-state index in [1.54, 1.807) is 54.5 Å². The number of thiophene rings is 1. The van der Waals surface area contributed by atoms with Crippen molar-refractivity contribution in [1.82, 2.24) is 4.90 Å². The van der Waals surface area contributed by atoms with Crippen LogP contribution in [0.4, 0.5) is 0 Å². The van der Waals surface area contributed by atoms with E-state index in [4.69, 9.17) is 10.00 Å². The molecular weight excluding hydrogens is 364 g/mol. The van der Waals surface area contributed by atoms with E-state index in [9.17, 15) is 4.79 Å². The molecule has 0 N–H and O–H groups in total. The fourth-order valence-corrected chi connectivity index (χ4v) is 3.46. The van der Waals surface area contributed by atoms with Gasteiger partial charge in [0.15, 0.2) is 6.10 Å². The maximum atomic E-state index is 12.3. The first-order chi connectivity index (χ1) is 10.5. The Morgan fingerprint density at radius 2 is 2.05 bits per heavy atom. The number of ether oxygens (including phenoxy) is 1. The van der Waals surface area contributed by atoms with Crippen molar-refractivity contribution in [1.29, 1.82) is 5.26 Å². The van der Waals surface area contributed by atoms with E-state index in [0.717, 1.165) is 8.66 Å². The molecular formula is C16H15BrN2O2S. The van der Waals surface area contributed by atoms with Crippen LogP contribution in [0.3, 0.4) is 0 Å². The van der Waals surface area contributed by atoms with Gasteiger partial charge in [-0.1, -0.05) is 0 Å². The molecule has 4 nitrogen and oxygen atoms in total. The lowest BCUT2D eigenvalue weighted by molar-refractivity contribution is -0.137. The second-order valence-corrected chi connectivity index (χ2v) is 7.34. The van der Waals surface area contributed by atoms with Crippen LogP contribution >= 0.6 is 27.3 Å². The van der Waals surface area contributed by atoms with E-state index in [2.05, 4.69) is 15.9 Å². The summed E-state index contributed by atoms with van der Waals surface area (Å²) in [6.07, 6.45) is -0.582. The highest BCUT2D eigenvalue weighted by molar-refractivity contribution is 9.11. The smallest absolute Gasteiger partial charge is 0.263 e. The first kappa shape index (κ1) is 16.5. The zero-order valence-electron chi connectivity index (χ0n) is 12.2. The van der Waals surface area contributed by atoms with Crippen molar-refractivity contribution in [2.45, 2.75) is 19.6 Å². The molecule has 1 amide bonds. The van der Waals surface area contributed by atoms with Crippen molar-refractivity contribution < 1.29 is 9.53 Å². The Balaban J connectivity index is 1.94. The van der Waals surface area contributed by atoms with Crippen LogP contribution in [0.1, 0.15) is 17.4 Å². The SMILES string of the molecule is CC(Oc1ccc(C#N)cc1)C(=O)N(C)Cc1ccc(Br)s1. The van der Waals surface area contributed by atoms with Gasteiger partial charge in [0.05, 0.1) is 22.0 Å². The second-order valence-electron chi connectivity index (χ2n) is 4.80. The van der Waals surface area contributed by atoms with E-state index in [-0.39, 0.29) is 5.91 Å². The fourth-order valence-electron chi connectivity index (χ4n) is 1.92. The number of benzene rings is 1. The Bertz CT molecular complexity index is 691. The van der Waals surface area contributed by atoms with E-state index in [1.165, 1.54) is 0 Å². The lowest BCUT2D eigenvalue weighted by Crippen LogP contribution is -2.37. The maximum Gasteiger partial charge on any atom is 0.263 e. The molecule has 0 radical (unpaired) electrons. The van der Waals surface area contributed by atoms with Crippen LogP contribution in [-0.2, 0) is 11.3 Å². The average molecular weight is 379 g/mol. The third kappa shape index (κ3) is 4.33. The summed E-state index contributed by atoms with van der Waals surface area (Å²) in [7, 11) is 1.76. The molecule has 0 aliphatic rings. The molecule has 1 aromatic carbocycles. The van der Waals surface area contributed by atoms with Gasteiger partial charge in [0.2, 0.25) is 0 Å². The summed E-state index contributed by atoms with van der Waals surface area (Å²) >= 11 is 5.02. The Morgan fingerprint density at radius 1 is 1.36 bits per heavy atom. The number of carbonyl (C=O) groups is 1. The zero-order valence-corrected chi connectivity index (χ0v) is 14.6. The molecule has 0 bridgehead atoms. The highest BCUT2D eigenvalue weighted by Crippen LogP contribution is 2.23. The number of halogens is 1. The van der Waals surface area contributed by atoms with Crippen molar-refractivity contribution >= 4 is 33.2 Å². The number of hydrogen-bond donors (Lipinski definition) is 0. The number of nitriles is 1. The van der Waals surface area contributed by atoms with Crippen LogP contribution in [0.2, 0.25) is 0 Å². The minimum atomic E-state index is -0.582. The average Bonchev–Trinajstić information content (AvgIpc) is 2.92. The van der Waals surface area contributed by atoms with Gasteiger partial charge < -0.3 is 9.64 Å². The third-order valence-electron chi connectivity index (χ3n) is 3.04. The highest BCUT2D eigenvalue weighted by Gasteiger charge is 2.19. The van der Waals surface area contributed by atoms with Gasteiger partial charge in [-0.2, -0.15) is 5.26 Å². The molecule has 1 unspecified atom stereocenters. The van der Waals surface area contributed by atoms with Crippen LogP contribution in [-0.4, -0.2) is 24.0 Å². The van der Waals surface area contributed by atoms with Gasteiger partial charge in [0.25, 0.3) is 5.91 Å². The molecule has 0 spiro atoms. The Labute approximate surface area is 142 Å². The first-order valence-electron chi connectivity index (χ1n) is 6.65. The first-order valence-corrected chi connectivity index (χ1v) is 8.26. The number of rotatable bonds is 5. The number of carbonyl (C=O) groups excluding carboxylic acids is 1. The molecule has 0 saturated heterocycles. The molecule has 0 fully saturated rings. The molecule has 114 valence electrons. The Morgan fingerprint density at radius 3 is 2.59 bits per heavy atom. The minimum absolute atomic E-state index is 0.0890. The topological polar surface area (TPSA) is 53.3 Å². The second kappa shape index (κ2) is 7.43. The summed E-state index contributed by atoms with van der Waals surface area (Å²) in [5.41, 5.74) is 0.562. The van der Waals surface area contributed by atoms with Crippen molar-refractivity contribution in [2.75, 3.05) is 7.05 Å². The minimum Gasteiger partial charge on any atom is -0.481 e. The van der Waals surface area contributed by atoms with Gasteiger partial charge in [-0.15, -0.1) is 11.3 Å². The lowest BCUT2D eigenvalue weighted by Gasteiger charge is -2.21. The number of nitrogens with zero attached hydrogens (tertiary/aromatic N) is 2. The largest absolute Gasteiger partial charge is 0.481 e. The number of hydrogen-bond acceptors (Lipinski definition) is 4. The summed E-state index contributed by atoms with van der Waals surface area (Å²) in [6, 6.07) is 12.7. The van der Waals surface area contributed by atoms with Crippen LogP contribution in [0.15, 0.2) is 40.2 Å². The molecule has 1 heterocycles. The van der Waals surface area contributed by atoms with Gasteiger partial charge in [0.1, 0.15) is 5.75 Å². The monoisotopic (exact) mass is 378 g/mol. The van der Waals surface area contributed by atoms with Crippen molar-refractivity contribution in [3.8, 4) is 11.8 Å². The molecule has 0 aliphatic carbocycles. The van der Waals surface area contributed by atoms with Crippen molar-refractivity contribution in [2.24, 2.45) is 0 Å². The van der Waals surface area contributed by atoms with Gasteiger partial charge in [-0.3, -0.25) is 4.79 Å². The number of amides is 1. The molecule has 1 aromatic heterocycles. The molecule has 1 atom stereocenters. The normalized spacial score (nSPS) is 11.5. The van der Waals surface area contributed by atoms with Crippen LogP contribution in [0.5, 0.6) is 5.75 Å². The summed E-state index contributed by atoms with van der Waals surface area (Å²) < 4.78 is 6.68. The third-order valence-corrected chi connectivity index (χ3v) is 4.65. The number of likely N-dealkylation sites (N-methyl/N-ethyl adjacent to an activating group) is 1. The van der Waals surface area contributed by atoms with Crippen LogP contribution in [0, 0.1) is 11.3 Å². The molecule has 6 heteroatoms. The van der Waals surface area contributed by atoms with Crippen molar-refractivity contribution in [3.05, 3.63) is 50.6 Å². The zero-order chi connectivity index (χ0) is 16.1. The molecule has 0 saturated carbocycles. The molecule has 2 aromatic rings. The Hall–Kier alpha value is -1.84. The van der Waals surface area contributed by atoms with Crippen LogP contribution < -0.4 is 4.74 Å². The van der Waals surface area contributed by atoms with Gasteiger partial charge in [-0.25, -0.2) is 0 Å². The lowest BCUT2D eigenvalue weighted by atomic mass is 10.2. The van der Waals surface area contributed by atoms with E-state index in [0.29, 0.717) is 17.9 Å². The van der Waals surface area contributed by atoms with E-state index < -0.39 is 6.10 Å². The predicted molar refractivity (Wildman–Crippen MR) is 89.7 cm³/mol. The Kier molecular flexibility index (Phi) is 5.58. The highest BCUT2D eigenvalue weighted by atomic mass is 79.9. The fraction of sp³-hybridized carbons (Fsp3) is 0.250. The van der Waals surface area contributed by atoms with Gasteiger partial charge >= 0.3 is 0 Å². The molecule has 2 rings (SSSR count). The molecule has 22 heavy (non-hydrogen) atoms. The van der Waals surface area contributed by atoms with Crippen LogP contribution in [0.25, 0.3) is 0 Å². The standard InChI is InChI=1S/C16H15BrN2O2S/c1-11(21-13-5-3-12(9-18)4-6-13)16(20)19(2)10-14-7-8-15(17)22-14/h3-8,11H,10H2,1-2H3.